The van der Waals surface area contributed by atoms with Crippen molar-refractivity contribution in [1.82, 2.24) is 0 Å². The van der Waals surface area contributed by atoms with Crippen LogP contribution in [0.2, 0.25) is 0 Å². The Balaban J connectivity index is 0.000000705. The van der Waals surface area contributed by atoms with Gasteiger partial charge in [0.15, 0.2) is 0 Å². The molecule has 0 saturated carbocycles. The van der Waals surface area contributed by atoms with E-state index in [0.717, 1.165) is 17.4 Å². The van der Waals surface area contributed by atoms with Crippen molar-refractivity contribution in [3.8, 4) is 0 Å². The zero-order chi connectivity index (χ0) is 17.7. The van der Waals surface area contributed by atoms with Crippen LogP contribution in [0.5, 0.6) is 0 Å². The standard InChI is InChI=1S/C15H14O2.C3H6O.CH3Br/c1-15(14(16)17,12-8-4-2-5-9-12)13-10-6-3-7-11-13;1-2-3-4;1-2/h2-11H,1H3,(H,16,17);2-4H,1H3;1H3. The lowest BCUT2D eigenvalue weighted by Gasteiger charge is -2.25. The van der Waals surface area contributed by atoms with E-state index in [4.69, 9.17) is 5.11 Å². The Kier molecular flexibility index (Phi) is 10.5. The summed E-state index contributed by atoms with van der Waals surface area (Å²) in [5.41, 5.74) is 0.583. The fourth-order valence-electron chi connectivity index (χ4n) is 1.96. The summed E-state index contributed by atoms with van der Waals surface area (Å²) < 4.78 is 0. The number of benzene rings is 2. The molecule has 2 N–H and O–H groups in total. The predicted octanol–water partition coefficient (Wildman–Crippen LogP) is 5.17. The minimum absolute atomic E-state index is 0.790. The van der Waals surface area contributed by atoms with Gasteiger partial charge in [-0.05, 0) is 30.8 Å². The Morgan fingerprint density at radius 1 is 0.957 bits per heavy atom. The van der Waals surface area contributed by atoms with Gasteiger partial charge in [-0.1, -0.05) is 82.7 Å². The number of allylic oxidation sites excluding steroid dienone is 1. The highest BCUT2D eigenvalue weighted by molar-refractivity contribution is 9.08. The molecule has 0 radical (unpaired) electrons. The molecule has 2 rings (SSSR count). The molecule has 0 amide bonds. The van der Waals surface area contributed by atoms with Crippen molar-refractivity contribution in [2.24, 2.45) is 0 Å². The molecular weight excluding hydrogens is 356 g/mol. The van der Waals surface area contributed by atoms with Gasteiger partial charge < -0.3 is 10.2 Å². The first-order valence-corrected chi connectivity index (χ1v) is 8.63. The van der Waals surface area contributed by atoms with Crippen LogP contribution in [-0.2, 0) is 10.2 Å². The number of halogens is 1. The molecule has 3 nitrogen and oxygen atoms in total. The van der Waals surface area contributed by atoms with E-state index < -0.39 is 11.4 Å². The van der Waals surface area contributed by atoms with Crippen LogP contribution in [0.15, 0.2) is 73.0 Å². The maximum absolute atomic E-state index is 11.6. The van der Waals surface area contributed by atoms with Crippen LogP contribution in [0.1, 0.15) is 25.0 Å². The van der Waals surface area contributed by atoms with Gasteiger partial charge in [-0.15, -0.1) is 0 Å². The lowest BCUT2D eigenvalue weighted by Crippen LogP contribution is -2.33. The zero-order valence-electron chi connectivity index (χ0n) is 13.6. The fourth-order valence-corrected chi connectivity index (χ4v) is 1.96. The van der Waals surface area contributed by atoms with Crippen molar-refractivity contribution in [3.63, 3.8) is 0 Å². The van der Waals surface area contributed by atoms with Gasteiger partial charge >= 0.3 is 5.97 Å². The predicted molar refractivity (Wildman–Crippen MR) is 99.3 cm³/mol. The van der Waals surface area contributed by atoms with E-state index in [1.54, 1.807) is 19.9 Å². The van der Waals surface area contributed by atoms with Gasteiger partial charge in [-0.3, -0.25) is 4.79 Å². The van der Waals surface area contributed by atoms with Gasteiger partial charge in [0.05, 0.1) is 6.26 Å². The Morgan fingerprint density at radius 2 is 1.26 bits per heavy atom. The van der Waals surface area contributed by atoms with Crippen molar-refractivity contribution in [3.05, 3.63) is 84.1 Å². The highest BCUT2D eigenvalue weighted by atomic mass is 79.9. The maximum atomic E-state index is 11.6. The Labute approximate surface area is 146 Å². The minimum atomic E-state index is -0.998. The summed E-state index contributed by atoms with van der Waals surface area (Å²) in [6.45, 7) is 3.49. The summed E-state index contributed by atoms with van der Waals surface area (Å²) >= 11 is 2.94. The number of rotatable bonds is 3. The largest absolute Gasteiger partial charge is 0.516 e. The van der Waals surface area contributed by atoms with E-state index in [1.807, 2.05) is 66.5 Å². The summed E-state index contributed by atoms with van der Waals surface area (Å²) in [5.74, 6) is 0.974. The maximum Gasteiger partial charge on any atom is 0.318 e. The van der Waals surface area contributed by atoms with Crippen LogP contribution < -0.4 is 0 Å². The molecule has 0 heterocycles. The first kappa shape index (κ1) is 20.9. The van der Waals surface area contributed by atoms with E-state index in [-0.39, 0.29) is 0 Å². The van der Waals surface area contributed by atoms with Crippen LogP contribution >= 0.6 is 15.9 Å². The number of carboxylic acids is 1. The number of aliphatic carboxylic acids is 1. The van der Waals surface area contributed by atoms with Gasteiger partial charge in [0, 0.05) is 0 Å². The molecule has 124 valence electrons. The topological polar surface area (TPSA) is 57.5 Å². The molecule has 2 aromatic rings. The van der Waals surface area contributed by atoms with Crippen LogP contribution in [0.4, 0.5) is 0 Å². The third-order valence-corrected chi connectivity index (χ3v) is 3.28. The molecule has 2 aromatic carbocycles. The Bertz CT molecular complexity index is 537. The van der Waals surface area contributed by atoms with Crippen LogP contribution in [0, 0.1) is 0 Å². The number of hydrogen-bond donors (Lipinski definition) is 2. The quantitative estimate of drug-likeness (QED) is 0.572. The number of aliphatic hydroxyl groups is 1. The zero-order valence-corrected chi connectivity index (χ0v) is 15.2. The van der Waals surface area contributed by atoms with E-state index in [9.17, 15) is 9.90 Å². The first-order chi connectivity index (χ1) is 11.1. The second kappa shape index (κ2) is 11.5. The molecule has 23 heavy (non-hydrogen) atoms. The smallest absolute Gasteiger partial charge is 0.318 e. The molecule has 0 saturated heterocycles. The number of aliphatic hydroxyl groups excluding tert-OH is 1. The molecular formula is C19H23BrO3. The van der Waals surface area contributed by atoms with Gasteiger partial charge in [0.2, 0.25) is 0 Å². The van der Waals surface area contributed by atoms with Crippen molar-refractivity contribution in [1.29, 1.82) is 0 Å². The van der Waals surface area contributed by atoms with Gasteiger partial charge in [-0.2, -0.15) is 0 Å². The van der Waals surface area contributed by atoms with Crippen LogP contribution in [0.25, 0.3) is 0 Å². The number of alkyl halides is 1. The Hall–Kier alpha value is -2.07. The van der Waals surface area contributed by atoms with Gasteiger partial charge in [0.25, 0.3) is 0 Å². The summed E-state index contributed by atoms with van der Waals surface area (Å²) in [7, 11) is 0. The molecule has 0 aliphatic carbocycles. The van der Waals surface area contributed by atoms with E-state index in [0.29, 0.717) is 0 Å². The fraction of sp³-hybridized carbons (Fsp3) is 0.211. The van der Waals surface area contributed by atoms with Crippen LogP contribution in [-0.4, -0.2) is 22.0 Å². The number of hydrogen-bond acceptors (Lipinski definition) is 2. The highest BCUT2D eigenvalue weighted by Crippen LogP contribution is 2.31. The van der Waals surface area contributed by atoms with Crippen molar-refractivity contribution in [2.75, 3.05) is 5.83 Å². The molecule has 0 bridgehead atoms. The van der Waals surface area contributed by atoms with Gasteiger partial charge in [-0.25, -0.2) is 0 Å². The molecule has 0 aliphatic heterocycles. The molecule has 0 aliphatic rings. The lowest BCUT2D eigenvalue weighted by atomic mass is 9.76. The van der Waals surface area contributed by atoms with Crippen molar-refractivity contribution >= 4 is 21.9 Å². The minimum Gasteiger partial charge on any atom is -0.516 e. The first-order valence-electron chi connectivity index (χ1n) is 7.05. The average molecular weight is 379 g/mol. The number of carbonyl (C=O) groups is 1. The van der Waals surface area contributed by atoms with E-state index in [2.05, 4.69) is 15.9 Å². The summed E-state index contributed by atoms with van der Waals surface area (Å²) in [5, 5.41) is 17.2. The second-order valence-electron chi connectivity index (χ2n) is 4.64. The van der Waals surface area contributed by atoms with Crippen molar-refractivity contribution in [2.45, 2.75) is 19.3 Å². The Morgan fingerprint density at radius 3 is 1.48 bits per heavy atom. The average Bonchev–Trinajstić information content (AvgIpc) is 2.64. The monoisotopic (exact) mass is 378 g/mol. The normalized spacial score (nSPS) is 10.1. The lowest BCUT2D eigenvalue weighted by molar-refractivity contribution is -0.141. The second-order valence-corrected chi connectivity index (χ2v) is 4.64. The van der Waals surface area contributed by atoms with E-state index in [1.165, 1.54) is 0 Å². The van der Waals surface area contributed by atoms with Crippen molar-refractivity contribution < 1.29 is 15.0 Å². The highest BCUT2D eigenvalue weighted by Gasteiger charge is 2.36. The number of carboxylic acid groups (broad SMARTS) is 1. The molecule has 0 aromatic heterocycles. The molecule has 0 atom stereocenters. The summed E-state index contributed by atoms with van der Waals surface area (Å²) in [6, 6.07) is 18.6. The van der Waals surface area contributed by atoms with E-state index >= 15 is 0 Å². The third kappa shape index (κ3) is 5.91. The van der Waals surface area contributed by atoms with Crippen LogP contribution in [0.3, 0.4) is 0 Å². The molecule has 0 unspecified atom stereocenters. The molecule has 0 spiro atoms. The SMILES string of the molecule is CBr.CC(C(=O)O)(c1ccccc1)c1ccccc1.CC=CO. The molecule has 0 fully saturated rings. The molecule has 4 heteroatoms. The third-order valence-electron chi connectivity index (χ3n) is 3.28. The summed E-state index contributed by atoms with van der Waals surface area (Å²) in [4.78, 5) is 11.6. The summed E-state index contributed by atoms with van der Waals surface area (Å²) in [6.07, 6.45) is 2.56. The van der Waals surface area contributed by atoms with Gasteiger partial charge in [0.1, 0.15) is 5.41 Å².